The summed E-state index contributed by atoms with van der Waals surface area (Å²) in [5.41, 5.74) is 2.71. The second-order valence-electron chi connectivity index (χ2n) is 6.37. The van der Waals surface area contributed by atoms with Crippen molar-refractivity contribution in [1.82, 2.24) is 14.5 Å². The Bertz CT molecular complexity index is 979. The molecule has 1 fully saturated rings. The van der Waals surface area contributed by atoms with Crippen LogP contribution in [0, 0.1) is 0 Å². The fourth-order valence-electron chi connectivity index (χ4n) is 3.55. The third-order valence-corrected chi connectivity index (χ3v) is 4.89. The Morgan fingerprint density at radius 3 is 2.62 bits per heavy atom. The monoisotopic (exact) mass is 349 g/mol. The number of methoxy groups -OCH3 is 1. The van der Waals surface area contributed by atoms with E-state index in [0.717, 1.165) is 17.5 Å². The SMILES string of the molecule is COC(=O)c1ccccc1C(=O)N1CCC(n2cnc3ccccc32)C1. The van der Waals surface area contributed by atoms with Crippen molar-refractivity contribution in [3.05, 3.63) is 66.0 Å². The number of esters is 1. The van der Waals surface area contributed by atoms with Crippen LogP contribution < -0.4 is 0 Å². The van der Waals surface area contributed by atoms with Crippen LogP contribution in [0.3, 0.4) is 0 Å². The van der Waals surface area contributed by atoms with Gasteiger partial charge in [0.15, 0.2) is 0 Å². The van der Waals surface area contributed by atoms with Gasteiger partial charge in [0.05, 0.1) is 41.6 Å². The van der Waals surface area contributed by atoms with Gasteiger partial charge in [-0.3, -0.25) is 4.79 Å². The van der Waals surface area contributed by atoms with Crippen molar-refractivity contribution in [2.24, 2.45) is 0 Å². The zero-order chi connectivity index (χ0) is 18.1. The van der Waals surface area contributed by atoms with Gasteiger partial charge in [-0.05, 0) is 30.7 Å². The second kappa shape index (κ2) is 6.63. The summed E-state index contributed by atoms with van der Waals surface area (Å²) < 4.78 is 6.93. The molecule has 3 aromatic rings. The number of rotatable bonds is 3. The molecule has 0 aliphatic carbocycles. The van der Waals surface area contributed by atoms with E-state index in [9.17, 15) is 9.59 Å². The summed E-state index contributed by atoms with van der Waals surface area (Å²) in [5, 5.41) is 0. The molecule has 1 unspecified atom stereocenters. The summed E-state index contributed by atoms with van der Waals surface area (Å²) >= 11 is 0. The standard InChI is InChI=1S/C20H19N3O3/c1-26-20(25)16-7-3-2-6-15(16)19(24)22-11-10-14(12-22)23-13-21-17-8-4-5-9-18(17)23/h2-9,13-14H,10-12H2,1H3. The molecule has 2 aromatic carbocycles. The highest BCUT2D eigenvalue weighted by Crippen LogP contribution is 2.27. The summed E-state index contributed by atoms with van der Waals surface area (Å²) in [6.07, 6.45) is 2.69. The lowest BCUT2D eigenvalue weighted by Gasteiger charge is -2.18. The molecule has 132 valence electrons. The number of para-hydroxylation sites is 2. The minimum absolute atomic E-state index is 0.141. The molecule has 0 saturated carbocycles. The number of benzene rings is 2. The minimum Gasteiger partial charge on any atom is -0.465 e. The summed E-state index contributed by atoms with van der Waals surface area (Å²) in [6, 6.07) is 14.9. The van der Waals surface area contributed by atoms with Crippen molar-refractivity contribution in [3.63, 3.8) is 0 Å². The van der Waals surface area contributed by atoms with Crippen LogP contribution in [0.2, 0.25) is 0 Å². The minimum atomic E-state index is -0.495. The zero-order valence-electron chi connectivity index (χ0n) is 14.5. The fraction of sp³-hybridized carbons (Fsp3) is 0.250. The van der Waals surface area contributed by atoms with Gasteiger partial charge < -0.3 is 14.2 Å². The highest BCUT2D eigenvalue weighted by molar-refractivity contribution is 6.05. The number of carbonyl (C=O) groups excluding carboxylic acids is 2. The molecule has 1 amide bonds. The molecule has 1 aliphatic heterocycles. The topological polar surface area (TPSA) is 64.4 Å². The number of amides is 1. The first-order chi connectivity index (χ1) is 12.7. The Balaban J connectivity index is 1.58. The van der Waals surface area contributed by atoms with Crippen LogP contribution in [0.4, 0.5) is 0 Å². The lowest BCUT2D eigenvalue weighted by Crippen LogP contribution is -2.30. The van der Waals surface area contributed by atoms with E-state index in [1.165, 1.54) is 7.11 Å². The highest BCUT2D eigenvalue weighted by Gasteiger charge is 2.30. The maximum absolute atomic E-state index is 13.0. The first-order valence-corrected chi connectivity index (χ1v) is 8.57. The Morgan fingerprint density at radius 1 is 1.08 bits per heavy atom. The number of hydrogen-bond acceptors (Lipinski definition) is 4. The molecule has 0 N–H and O–H groups in total. The van der Waals surface area contributed by atoms with E-state index >= 15 is 0 Å². The molecule has 6 nitrogen and oxygen atoms in total. The van der Waals surface area contributed by atoms with E-state index in [2.05, 4.69) is 9.55 Å². The number of nitrogens with zero attached hydrogens (tertiary/aromatic N) is 3. The van der Waals surface area contributed by atoms with Crippen LogP contribution in [0.15, 0.2) is 54.9 Å². The Kier molecular flexibility index (Phi) is 4.16. The molecule has 0 spiro atoms. The average molecular weight is 349 g/mol. The molecule has 2 heterocycles. The third kappa shape index (κ3) is 2.73. The van der Waals surface area contributed by atoms with Crippen molar-refractivity contribution in [2.75, 3.05) is 20.2 Å². The van der Waals surface area contributed by atoms with E-state index in [1.807, 2.05) is 30.6 Å². The van der Waals surface area contributed by atoms with Gasteiger partial charge in [0.1, 0.15) is 0 Å². The van der Waals surface area contributed by atoms with E-state index in [0.29, 0.717) is 24.2 Å². The van der Waals surface area contributed by atoms with Crippen LogP contribution in [0.25, 0.3) is 11.0 Å². The van der Waals surface area contributed by atoms with Crippen LogP contribution in [-0.2, 0) is 4.74 Å². The smallest absolute Gasteiger partial charge is 0.338 e. The molecule has 26 heavy (non-hydrogen) atoms. The van der Waals surface area contributed by atoms with Gasteiger partial charge in [0.2, 0.25) is 0 Å². The summed E-state index contributed by atoms with van der Waals surface area (Å²) in [5.74, 6) is -0.636. The van der Waals surface area contributed by atoms with E-state index < -0.39 is 5.97 Å². The first kappa shape index (κ1) is 16.3. The van der Waals surface area contributed by atoms with Crippen molar-refractivity contribution in [3.8, 4) is 0 Å². The molecule has 4 rings (SSSR count). The van der Waals surface area contributed by atoms with Gasteiger partial charge in [0.25, 0.3) is 5.91 Å². The molecule has 1 aliphatic rings. The molecule has 1 aromatic heterocycles. The molecular weight excluding hydrogens is 330 g/mol. The Labute approximate surface area is 151 Å². The first-order valence-electron chi connectivity index (χ1n) is 8.57. The van der Waals surface area contributed by atoms with E-state index in [4.69, 9.17) is 4.74 Å². The molecule has 1 atom stereocenters. The van der Waals surface area contributed by atoms with Crippen molar-refractivity contribution in [1.29, 1.82) is 0 Å². The Hall–Kier alpha value is -3.15. The fourth-order valence-corrected chi connectivity index (χ4v) is 3.55. The van der Waals surface area contributed by atoms with E-state index in [1.54, 1.807) is 29.2 Å². The lowest BCUT2D eigenvalue weighted by atomic mass is 10.1. The van der Waals surface area contributed by atoms with Gasteiger partial charge in [-0.15, -0.1) is 0 Å². The molecule has 0 bridgehead atoms. The number of likely N-dealkylation sites (tertiary alicyclic amines) is 1. The molecular formula is C20H19N3O3. The number of hydrogen-bond donors (Lipinski definition) is 0. The summed E-state index contributed by atoms with van der Waals surface area (Å²) in [6.45, 7) is 1.24. The summed E-state index contributed by atoms with van der Waals surface area (Å²) in [4.78, 5) is 31.1. The number of imidazole rings is 1. The molecule has 1 saturated heterocycles. The van der Waals surface area contributed by atoms with Crippen LogP contribution >= 0.6 is 0 Å². The average Bonchev–Trinajstić information content (AvgIpc) is 3.33. The highest BCUT2D eigenvalue weighted by atomic mass is 16.5. The number of aromatic nitrogens is 2. The van der Waals surface area contributed by atoms with Gasteiger partial charge in [-0.1, -0.05) is 24.3 Å². The predicted molar refractivity (Wildman–Crippen MR) is 97.1 cm³/mol. The van der Waals surface area contributed by atoms with Crippen molar-refractivity contribution >= 4 is 22.9 Å². The maximum atomic E-state index is 13.0. The van der Waals surface area contributed by atoms with Crippen LogP contribution in [0.5, 0.6) is 0 Å². The van der Waals surface area contributed by atoms with Crippen molar-refractivity contribution < 1.29 is 14.3 Å². The van der Waals surface area contributed by atoms with Crippen LogP contribution in [-0.4, -0.2) is 46.5 Å². The van der Waals surface area contributed by atoms with Gasteiger partial charge in [-0.2, -0.15) is 0 Å². The van der Waals surface area contributed by atoms with Crippen molar-refractivity contribution in [2.45, 2.75) is 12.5 Å². The lowest BCUT2D eigenvalue weighted by molar-refractivity contribution is 0.0592. The van der Waals surface area contributed by atoms with Gasteiger partial charge >= 0.3 is 5.97 Å². The largest absolute Gasteiger partial charge is 0.465 e. The maximum Gasteiger partial charge on any atom is 0.338 e. The molecule has 0 radical (unpaired) electrons. The molecule has 6 heteroatoms. The quantitative estimate of drug-likeness (QED) is 0.682. The zero-order valence-corrected chi connectivity index (χ0v) is 14.5. The predicted octanol–water partition coefficient (Wildman–Crippen LogP) is 2.91. The van der Waals surface area contributed by atoms with E-state index in [-0.39, 0.29) is 11.9 Å². The van der Waals surface area contributed by atoms with Crippen LogP contribution in [0.1, 0.15) is 33.2 Å². The number of ether oxygens (including phenoxy) is 1. The van der Waals surface area contributed by atoms with Gasteiger partial charge in [0, 0.05) is 13.1 Å². The third-order valence-electron chi connectivity index (χ3n) is 4.89. The van der Waals surface area contributed by atoms with Gasteiger partial charge in [-0.25, -0.2) is 9.78 Å². The normalized spacial score (nSPS) is 16.8. The number of fused-ring (bicyclic) bond motifs is 1. The Morgan fingerprint density at radius 2 is 1.81 bits per heavy atom. The summed E-state index contributed by atoms with van der Waals surface area (Å²) in [7, 11) is 1.32. The second-order valence-corrected chi connectivity index (χ2v) is 6.37. The number of carbonyl (C=O) groups is 2.